The van der Waals surface area contributed by atoms with Gasteiger partial charge in [0.15, 0.2) is 11.5 Å². The Labute approximate surface area is 189 Å². The summed E-state index contributed by atoms with van der Waals surface area (Å²) in [6.45, 7) is 3.38. The third-order valence-electron chi connectivity index (χ3n) is 6.27. The van der Waals surface area contributed by atoms with Crippen molar-refractivity contribution in [1.82, 2.24) is 35.2 Å². The summed E-state index contributed by atoms with van der Waals surface area (Å²) in [5.41, 5.74) is 4.70. The summed E-state index contributed by atoms with van der Waals surface area (Å²) in [7, 11) is 0. The van der Waals surface area contributed by atoms with Crippen LogP contribution in [0.15, 0.2) is 30.9 Å². The van der Waals surface area contributed by atoms with Crippen LogP contribution < -0.4 is 20.9 Å². The van der Waals surface area contributed by atoms with Crippen molar-refractivity contribution in [3.8, 4) is 0 Å². The number of anilines is 4. The van der Waals surface area contributed by atoms with Crippen molar-refractivity contribution in [2.75, 3.05) is 41.7 Å². The molecule has 0 radical (unpaired) electrons. The molecule has 1 saturated heterocycles. The summed E-state index contributed by atoms with van der Waals surface area (Å²) < 4.78 is 14.7. The van der Waals surface area contributed by atoms with Crippen molar-refractivity contribution < 1.29 is 4.39 Å². The average Bonchev–Trinajstić information content (AvgIpc) is 3.56. The summed E-state index contributed by atoms with van der Waals surface area (Å²) in [6.07, 6.45) is 6.04. The summed E-state index contributed by atoms with van der Waals surface area (Å²) in [6, 6.07) is 5.29. The molecule has 0 spiro atoms. The number of hydrogen-bond acceptors (Lipinski definition) is 8. The smallest absolute Gasteiger partial charge is 0.231 e. The molecule has 3 aromatic heterocycles. The van der Waals surface area contributed by atoms with Crippen LogP contribution >= 0.6 is 0 Å². The topological polar surface area (TPSA) is 122 Å². The van der Waals surface area contributed by atoms with Crippen LogP contribution in [0.2, 0.25) is 0 Å². The molecule has 6 rings (SSSR count). The number of halogens is 1. The van der Waals surface area contributed by atoms with Gasteiger partial charge in [0.25, 0.3) is 0 Å². The highest BCUT2D eigenvalue weighted by molar-refractivity contribution is 5.85. The molecule has 5 heterocycles. The predicted octanol–water partition coefficient (Wildman–Crippen LogP) is 2.34. The first-order valence-electron chi connectivity index (χ1n) is 11.2. The molecule has 0 unspecified atom stereocenters. The number of aromatic amines is 2. The molecule has 11 heteroatoms. The second-order valence-corrected chi connectivity index (χ2v) is 8.44. The van der Waals surface area contributed by atoms with Crippen molar-refractivity contribution >= 4 is 34.3 Å². The number of nitrogens with one attached hydrogen (secondary N) is 5. The van der Waals surface area contributed by atoms with Crippen molar-refractivity contribution in [3.05, 3.63) is 48.1 Å². The predicted molar refractivity (Wildman–Crippen MR) is 124 cm³/mol. The molecule has 2 aliphatic rings. The molecule has 4 aromatic rings. The van der Waals surface area contributed by atoms with E-state index < -0.39 is 0 Å². The summed E-state index contributed by atoms with van der Waals surface area (Å²) in [4.78, 5) is 26.7. The molecule has 2 aliphatic heterocycles. The highest BCUT2D eigenvalue weighted by Gasteiger charge is 2.21. The average molecular weight is 449 g/mol. The quantitative estimate of drug-likeness (QED) is 0.315. The fourth-order valence-corrected chi connectivity index (χ4v) is 4.53. The zero-order valence-corrected chi connectivity index (χ0v) is 18.0. The lowest BCUT2D eigenvalue weighted by Gasteiger charge is -2.22. The van der Waals surface area contributed by atoms with Gasteiger partial charge in [-0.05, 0) is 31.2 Å². The van der Waals surface area contributed by atoms with Crippen LogP contribution in [0.25, 0.3) is 11.2 Å². The molecule has 5 N–H and O–H groups in total. The summed E-state index contributed by atoms with van der Waals surface area (Å²) in [5, 5.41) is 9.69. The fraction of sp³-hybridized carbons (Fsp3) is 0.364. The second-order valence-electron chi connectivity index (χ2n) is 8.44. The van der Waals surface area contributed by atoms with Crippen LogP contribution in [0.4, 0.5) is 27.5 Å². The third-order valence-corrected chi connectivity index (χ3v) is 6.27. The molecular formula is C22H25FN10. The molecule has 1 aromatic carbocycles. The number of H-pyrrole nitrogens is 2. The van der Waals surface area contributed by atoms with E-state index in [4.69, 9.17) is 4.98 Å². The Hall–Kier alpha value is -3.73. The Morgan fingerprint density at radius 1 is 1.06 bits per heavy atom. The van der Waals surface area contributed by atoms with Crippen molar-refractivity contribution in [3.63, 3.8) is 0 Å². The second kappa shape index (κ2) is 8.32. The minimum absolute atomic E-state index is 0.247. The number of hydrogen-bond donors (Lipinski definition) is 5. The molecule has 1 fully saturated rings. The highest BCUT2D eigenvalue weighted by Crippen LogP contribution is 2.27. The summed E-state index contributed by atoms with van der Waals surface area (Å²) in [5.74, 6) is 0.845. The Morgan fingerprint density at radius 3 is 2.85 bits per heavy atom. The maximum atomic E-state index is 14.7. The molecule has 170 valence electrons. The van der Waals surface area contributed by atoms with Crippen LogP contribution in [0.3, 0.4) is 0 Å². The van der Waals surface area contributed by atoms with Crippen LogP contribution in [0.5, 0.6) is 0 Å². The number of fused-ring (bicyclic) bond motifs is 2. The number of imidazole rings is 2. The van der Waals surface area contributed by atoms with Gasteiger partial charge in [0.2, 0.25) is 5.95 Å². The van der Waals surface area contributed by atoms with Gasteiger partial charge < -0.3 is 30.8 Å². The van der Waals surface area contributed by atoms with Gasteiger partial charge in [0, 0.05) is 49.9 Å². The maximum Gasteiger partial charge on any atom is 0.231 e. The van der Waals surface area contributed by atoms with E-state index in [1.165, 1.54) is 11.8 Å². The van der Waals surface area contributed by atoms with E-state index >= 15 is 0 Å². The maximum absolute atomic E-state index is 14.7. The van der Waals surface area contributed by atoms with Gasteiger partial charge in [-0.25, -0.2) is 14.4 Å². The SMILES string of the molecule is Fc1cc(Nc2nc(N3CCc4nc[nH]c4CC3)c3[nH]cnc3n2)ccc1N[C@@H]1CCNC1. The Balaban J connectivity index is 1.25. The fourth-order valence-electron chi connectivity index (χ4n) is 4.53. The number of benzene rings is 1. The zero-order chi connectivity index (χ0) is 22.2. The number of rotatable bonds is 5. The Morgan fingerprint density at radius 2 is 1.97 bits per heavy atom. The third kappa shape index (κ3) is 3.95. The van der Waals surface area contributed by atoms with Gasteiger partial charge in [0.05, 0.1) is 24.0 Å². The van der Waals surface area contributed by atoms with Gasteiger partial charge in [-0.2, -0.15) is 9.97 Å². The van der Waals surface area contributed by atoms with Crippen LogP contribution in [0, 0.1) is 5.82 Å². The molecule has 1 atom stereocenters. The van der Waals surface area contributed by atoms with Gasteiger partial charge in [-0.1, -0.05) is 0 Å². The van der Waals surface area contributed by atoms with Crippen LogP contribution in [0.1, 0.15) is 17.8 Å². The van der Waals surface area contributed by atoms with E-state index in [0.717, 1.165) is 62.5 Å². The van der Waals surface area contributed by atoms with Gasteiger partial charge in [-0.15, -0.1) is 0 Å². The van der Waals surface area contributed by atoms with Crippen molar-refractivity contribution in [1.29, 1.82) is 0 Å². The van der Waals surface area contributed by atoms with Gasteiger partial charge in [0.1, 0.15) is 11.3 Å². The lowest BCUT2D eigenvalue weighted by Crippen LogP contribution is -2.27. The summed E-state index contributed by atoms with van der Waals surface area (Å²) >= 11 is 0. The molecule has 0 aliphatic carbocycles. The minimum atomic E-state index is -0.311. The van der Waals surface area contributed by atoms with Crippen molar-refractivity contribution in [2.24, 2.45) is 0 Å². The molecule has 0 saturated carbocycles. The van der Waals surface area contributed by atoms with E-state index in [0.29, 0.717) is 23.0 Å². The normalized spacial score (nSPS) is 18.3. The van der Waals surface area contributed by atoms with Crippen LogP contribution in [-0.2, 0) is 12.8 Å². The van der Waals surface area contributed by atoms with Crippen molar-refractivity contribution in [2.45, 2.75) is 25.3 Å². The molecule has 0 amide bonds. The van der Waals surface area contributed by atoms with E-state index in [-0.39, 0.29) is 11.9 Å². The van der Waals surface area contributed by atoms with E-state index in [9.17, 15) is 4.39 Å². The standard InChI is InChI=1S/C22H25FN10/c23-15-9-13(1-2-16(15)29-14-3-6-24-10-14)30-22-31-20-19(27-12-28-20)21(32-22)33-7-4-17-18(5-8-33)26-11-25-17/h1-2,9,11-12,14,24,29H,3-8,10H2,(H,25,26)(H2,27,28,30,31,32)/t14-/m1/s1. The monoisotopic (exact) mass is 448 g/mol. The Bertz CT molecular complexity index is 1250. The Kier molecular flexibility index (Phi) is 5.02. The largest absolute Gasteiger partial charge is 0.379 e. The first kappa shape index (κ1) is 19.9. The number of aromatic nitrogens is 6. The highest BCUT2D eigenvalue weighted by atomic mass is 19.1. The number of nitrogens with zero attached hydrogens (tertiary/aromatic N) is 5. The zero-order valence-electron chi connectivity index (χ0n) is 18.0. The van der Waals surface area contributed by atoms with E-state index in [2.05, 4.69) is 45.8 Å². The van der Waals surface area contributed by atoms with E-state index in [1.54, 1.807) is 18.7 Å². The van der Waals surface area contributed by atoms with E-state index in [1.807, 2.05) is 6.07 Å². The minimum Gasteiger partial charge on any atom is -0.379 e. The lowest BCUT2D eigenvalue weighted by atomic mass is 10.2. The first-order valence-corrected chi connectivity index (χ1v) is 11.2. The van der Waals surface area contributed by atoms with Crippen LogP contribution in [-0.4, -0.2) is 62.1 Å². The molecule has 10 nitrogen and oxygen atoms in total. The van der Waals surface area contributed by atoms with Gasteiger partial charge in [-0.3, -0.25) is 0 Å². The lowest BCUT2D eigenvalue weighted by molar-refractivity contribution is 0.626. The molecule has 33 heavy (non-hydrogen) atoms. The van der Waals surface area contributed by atoms with Gasteiger partial charge >= 0.3 is 0 Å². The first-order chi connectivity index (χ1) is 16.2. The molecular weight excluding hydrogens is 423 g/mol. The molecule has 0 bridgehead atoms.